The van der Waals surface area contributed by atoms with Gasteiger partial charge in [0.2, 0.25) is 0 Å². The van der Waals surface area contributed by atoms with E-state index in [0.717, 1.165) is 12.0 Å². The molecular formula is C17H17F3. The van der Waals surface area contributed by atoms with Gasteiger partial charge >= 0.3 is 0 Å². The van der Waals surface area contributed by atoms with E-state index in [1.165, 1.54) is 24.3 Å². The second kappa shape index (κ2) is 6.60. The van der Waals surface area contributed by atoms with E-state index < -0.39 is 11.6 Å². The smallest absolute Gasteiger partial charge is 0.129 e. The molecule has 20 heavy (non-hydrogen) atoms. The van der Waals surface area contributed by atoms with Gasteiger partial charge in [-0.2, -0.15) is 0 Å². The van der Waals surface area contributed by atoms with Crippen molar-refractivity contribution in [2.75, 3.05) is 0 Å². The summed E-state index contributed by atoms with van der Waals surface area (Å²) in [4.78, 5) is 0. The predicted octanol–water partition coefficient (Wildman–Crippen LogP) is 4.98. The number of rotatable bonds is 5. The Labute approximate surface area is 117 Å². The van der Waals surface area contributed by atoms with Gasteiger partial charge in [0.05, 0.1) is 0 Å². The highest BCUT2D eigenvalue weighted by atomic mass is 19.1. The molecule has 0 aromatic heterocycles. The molecule has 0 aliphatic carbocycles. The lowest BCUT2D eigenvalue weighted by molar-refractivity contribution is 0.546. The largest absolute Gasteiger partial charge is 0.207 e. The van der Waals surface area contributed by atoms with E-state index in [0.29, 0.717) is 24.8 Å². The summed E-state index contributed by atoms with van der Waals surface area (Å²) in [6.07, 6.45) is 2.53. The van der Waals surface area contributed by atoms with Gasteiger partial charge in [-0.25, -0.2) is 13.2 Å². The summed E-state index contributed by atoms with van der Waals surface area (Å²) in [7, 11) is 0. The zero-order chi connectivity index (χ0) is 14.5. The van der Waals surface area contributed by atoms with Crippen molar-refractivity contribution in [3.8, 4) is 0 Å². The SMILES string of the molecule is Cc1ccc(CCCCc2c(F)cccc2F)cc1F. The first-order valence-electron chi connectivity index (χ1n) is 6.76. The van der Waals surface area contributed by atoms with Crippen molar-refractivity contribution in [3.05, 3.63) is 70.5 Å². The summed E-state index contributed by atoms with van der Waals surface area (Å²) >= 11 is 0. The monoisotopic (exact) mass is 278 g/mol. The first-order chi connectivity index (χ1) is 9.58. The summed E-state index contributed by atoms with van der Waals surface area (Å²) in [6, 6.07) is 9.08. The van der Waals surface area contributed by atoms with E-state index in [4.69, 9.17) is 0 Å². The first kappa shape index (κ1) is 14.6. The molecule has 2 aromatic rings. The average molecular weight is 278 g/mol. The fraction of sp³-hybridized carbons (Fsp3) is 0.294. The van der Waals surface area contributed by atoms with Crippen molar-refractivity contribution in [2.24, 2.45) is 0 Å². The van der Waals surface area contributed by atoms with E-state index in [1.807, 2.05) is 6.07 Å². The van der Waals surface area contributed by atoms with Gasteiger partial charge < -0.3 is 0 Å². The molecule has 0 fully saturated rings. The number of benzene rings is 2. The molecule has 0 N–H and O–H groups in total. The van der Waals surface area contributed by atoms with Crippen LogP contribution >= 0.6 is 0 Å². The van der Waals surface area contributed by atoms with Crippen LogP contribution in [0.25, 0.3) is 0 Å². The molecule has 0 nitrogen and oxygen atoms in total. The topological polar surface area (TPSA) is 0 Å². The molecule has 2 rings (SSSR count). The molecule has 0 aliphatic rings. The second-order valence-electron chi connectivity index (χ2n) is 4.99. The van der Waals surface area contributed by atoms with E-state index in [-0.39, 0.29) is 11.4 Å². The summed E-state index contributed by atoms with van der Waals surface area (Å²) in [5.41, 5.74) is 1.69. The average Bonchev–Trinajstić information content (AvgIpc) is 2.41. The third kappa shape index (κ3) is 3.62. The molecule has 2 aromatic carbocycles. The van der Waals surface area contributed by atoms with Gasteiger partial charge in [-0.15, -0.1) is 0 Å². The van der Waals surface area contributed by atoms with Crippen LogP contribution in [0, 0.1) is 24.4 Å². The van der Waals surface area contributed by atoms with Crippen LogP contribution in [-0.4, -0.2) is 0 Å². The summed E-state index contributed by atoms with van der Waals surface area (Å²) in [5.74, 6) is -1.19. The second-order valence-corrected chi connectivity index (χ2v) is 4.99. The van der Waals surface area contributed by atoms with Crippen molar-refractivity contribution in [1.29, 1.82) is 0 Å². The van der Waals surface area contributed by atoms with Crippen LogP contribution in [0.4, 0.5) is 13.2 Å². The maximum atomic E-state index is 13.4. The van der Waals surface area contributed by atoms with Gasteiger partial charge in [0.1, 0.15) is 17.5 Å². The van der Waals surface area contributed by atoms with Gasteiger partial charge in [-0.3, -0.25) is 0 Å². The molecule has 3 heteroatoms. The van der Waals surface area contributed by atoms with E-state index in [2.05, 4.69) is 0 Å². The Hall–Kier alpha value is -1.77. The predicted molar refractivity (Wildman–Crippen MR) is 74.1 cm³/mol. The third-order valence-electron chi connectivity index (χ3n) is 3.44. The van der Waals surface area contributed by atoms with Crippen molar-refractivity contribution in [1.82, 2.24) is 0 Å². The van der Waals surface area contributed by atoms with Crippen LogP contribution in [-0.2, 0) is 12.8 Å². The molecule has 0 saturated heterocycles. The van der Waals surface area contributed by atoms with Gasteiger partial charge in [0.25, 0.3) is 0 Å². The number of hydrogen-bond donors (Lipinski definition) is 0. The van der Waals surface area contributed by atoms with Crippen molar-refractivity contribution < 1.29 is 13.2 Å². The standard InChI is InChI=1S/C17H17F3/c1-12-9-10-13(11-17(12)20)5-2-3-6-14-15(18)7-4-8-16(14)19/h4,7-11H,2-3,5-6H2,1H3. The maximum absolute atomic E-state index is 13.4. The molecule has 0 spiro atoms. The van der Waals surface area contributed by atoms with Crippen LogP contribution in [0.15, 0.2) is 36.4 Å². The van der Waals surface area contributed by atoms with Crippen LogP contribution in [0.1, 0.15) is 29.5 Å². The Morgan fingerprint density at radius 1 is 0.800 bits per heavy atom. The quantitative estimate of drug-likeness (QED) is 0.677. The minimum absolute atomic E-state index is 0.141. The number of unbranched alkanes of at least 4 members (excludes halogenated alkanes) is 1. The Kier molecular flexibility index (Phi) is 4.83. The molecule has 0 atom stereocenters. The lowest BCUT2D eigenvalue weighted by Gasteiger charge is -2.06. The van der Waals surface area contributed by atoms with Crippen LogP contribution in [0.3, 0.4) is 0 Å². The first-order valence-corrected chi connectivity index (χ1v) is 6.76. The lowest BCUT2D eigenvalue weighted by Crippen LogP contribution is -1.97. The molecule has 0 unspecified atom stereocenters. The highest BCUT2D eigenvalue weighted by molar-refractivity contribution is 5.23. The molecule has 0 radical (unpaired) electrons. The molecule has 0 amide bonds. The van der Waals surface area contributed by atoms with E-state index in [1.54, 1.807) is 13.0 Å². The zero-order valence-electron chi connectivity index (χ0n) is 11.4. The van der Waals surface area contributed by atoms with Crippen molar-refractivity contribution >= 4 is 0 Å². The summed E-state index contributed by atoms with van der Waals surface area (Å²) in [6.45, 7) is 1.72. The normalized spacial score (nSPS) is 10.8. The Bertz CT molecular complexity index is 571. The van der Waals surface area contributed by atoms with E-state index in [9.17, 15) is 13.2 Å². The summed E-state index contributed by atoms with van der Waals surface area (Å²) < 4.78 is 40.2. The highest BCUT2D eigenvalue weighted by Crippen LogP contribution is 2.16. The zero-order valence-corrected chi connectivity index (χ0v) is 11.4. The highest BCUT2D eigenvalue weighted by Gasteiger charge is 2.07. The molecule has 0 aliphatic heterocycles. The van der Waals surface area contributed by atoms with Crippen LogP contribution < -0.4 is 0 Å². The fourth-order valence-electron chi connectivity index (χ4n) is 2.19. The van der Waals surface area contributed by atoms with Crippen molar-refractivity contribution in [3.63, 3.8) is 0 Å². The Balaban J connectivity index is 1.86. The Morgan fingerprint density at radius 3 is 2.10 bits per heavy atom. The number of aryl methyl sites for hydroxylation is 2. The lowest BCUT2D eigenvalue weighted by atomic mass is 10.0. The van der Waals surface area contributed by atoms with Crippen molar-refractivity contribution in [2.45, 2.75) is 32.6 Å². The molecule has 0 bridgehead atoms. The van der Waals surface area contributed by atoms with Gasteiger partial charge in [-0.1, -0.05) is 18.2 Å². The van der Waals surface area contributed by atoms with Gasteiger partial charge in [0, 0.05) is 5.56 Å². The molecule has 106 valence electrons. The third-order valence-corrected chi connectivity index (χ3v) is 3.44. The van der Waals surface area contributed by atoms with Crippen LogP contribution in [0.5, 0.6) is 0 Å². The van der Waals surface area contributed by atoms with Gasteiger partial charge in [0.15, 0.2) is 0 Å². The maximum Gasteiger partial charge on any atom is 0.129 e. The minimum Gasteiger partial charge on any atom is -0.207 e. The molecular weight excluding hydrogens is 261 g/mol. The minimum atomic E-state index is -0.494. The summed E-state index contributed by atoms with van der Waals surface area (Å²) in [5, 5.41) is 0. The number of hydrogen-bond acceptors (Lipinski definition) is 0. The van der Waals surface area contributed by atoms with Crippen LogP contribution in [0.2, 0.25) is 0 Å². The van der Waals surface area contributed by atoms with Gasteiger partial charge in [-0.05, 0) is 61.9 Å². The fourth-order valence-corrected chi connectivity index (χ4v) is 2.19. The number of halogens is 3. The van der Waals surface area contributed by atoms with E-state index >= 15 is 0 Å². The molecule has 0 saturated carbocycles. The Morgan fingerprint density at radius 2 is 1.45 bits per heavy atom. The molecule has 0 heterocycles.